The summed E-state index contributed by atoms with van der Waals surface area (Å²) in [5.41, 5.74) is 4.33. The van der Waals surface area contributed by atoms with E-state index >= 15 is 0 Å². The van der Waals surface area contributed by atoms with E-state index in [1.165, 1.54) is 11.1 Å². The Kier molecular flexibility index (Phi) is 4.99. The highest BCUT2D eigenvalue weighted by Crippen LogP contribution is 2.27. The molecule has 2 aromatic heterocycles. The molecule has 0 atom stereocenters. The van der Waals surface area contributed by atoms with Crippen molar-refractivity contribution in [3.63, 3.8) is 0 Å². The van der Waals surface area contributed by atoms with Crippen LogP contribution < -0.4 is 10.7 Å². The molecule has 28 heavy (non-hydrogen) atoms. The Hall–Kier alpha value is -2.95. The number of pyridine rings is 2. The first-order chi connectivity index (χ1) is 13.6. The van der Waals surface area contributed by atoms with Crippen LogP contribution in [0.1, 0.15) is 41.8 Å². The zero-order valence-electron chi connectivity index (χ0n) is 16.4. The number of benzene rings is 1. The molecule has 1 aromatic carbocycles. The van der Waals surface area contributed by atoms with Crippen LogP contribution in [0, 0.1) is 5.92 Å². The summed E-state index contributed by atoms with van der Waals surface area (Å²) in [6, 6.07) is 10.4. The van der Waals surface area contributed by atoms with Crippen LogP contribution in [-0.4, -0.2) is 21.9 Å². The lowest BCUT2D eigenvalue weighted by atomic mass is 10.1. The molecule has 0 unspecified atom stereocenters. The van der Waals surface area contributed by atoms with Crippen molar-refractivity contribution < 1.29 is 4.79 Å². The summed E-state index contributed by atoms with van der Waals surface area (Å²) in [4.78, 5) is 29.6. The molecule has 0 saturated heterocycles. The van der Waals surface area contributed by atoms with Gasteiger partial charge in [-0.2, -0.15) is 0 Å². The first kappa shape index (κ1) is 18.4. The van der Waals surface area contributed by atoms with Crippen LogP contribution >= 0.6 is 0 Å². The maximum atomic E-state index is 12.9. The molecular formula is C23H25N3O2. The van der Waals surface area contributed by atoms with Crippen molar-refractivity contribution in [3.8, 4) is 0 Å². The first-order valence-corrected chi connectivity index (χ1v) is 9.97. The topological polar surface area (TPSA) is 64.0 Å². The Labute approximate surface area is 164 Å². The largest absolute Gasteiger partial charge is 0.383 e. The number of carbonyl (C=O) groups excluding carboxylic acids is 1. The van der Waals surface area contributed by atoms with Crippen molar-refractivity contribution in [2.24, 2.45) is 5.92 Å². The highest BCUT2D eigenvalue weighted by molar-refractivity contribution is 5.98. The molecule has 0 amide bonds. The molecule has 0 bridgehead atoms. The first-order valence-electron chi connectivity index (χ1n) is 9.97. The number of Topliss-reactive ketones (excluding diaryl/α,β-unsaturated/α-hetero) is 1. The molecule has 0 spiro atoms. The number of carbonyl (C=O) groups is 1. The van der Waals surface area contributed by atoms with Crippen LogP contribution in [0.5, 0.6) is 0 Å². The van der Waals surface area contributed by atoms with Gasteiger partial charge >= 0.3 is 0 Å². The van der Waals surface area contributed by atoms with E-state index < -0.39 is 0 Å². The Balaban J connectivity index is 1.60. The molecule has 0 aliphatic heterocycles. The quantitative estimate of drug-likeness (QED) is 0.665. The third-order valence-corrected chi connectivity index (χ3v) is 5.61. The van der Waals surface area contributed by atoms with Crippen molar-refractivity contribution in [2.45, 2.75) is 39.7 Å². The lowest BCUT2D eigenvalue weighted by molar-refractivity contribution is 0.0986. The summed E-state index contributed by atoms with van der Waals surface area (Å²) >= 11 is 0. The predicted molar refractivity (Wildman–Crippen MR) is 112 cm³/mol. The number of ketones is 1. The van der Waals surface area contributed by atoms with Crippen LogP contribution in [0.3, 0.4) is 0 Å². The van der Waals surface area contributed by atoms with Gasteiger partial charge < -0.3 is 9.88 Å². The van der Waals surface area contributed by atoms with Gasteiger partial charge in [0.2, 0.25) is 5.43 Å². The van der Waals surface area contributed by atoms with Gasteiger partial charge in [0.25, 0.3) is 0 Å². The van der Waals surface area contributed by atoms with E-state index in [1.54, 1.807) is 19.3 Å². The number of anilines is 1. The Morgan fingerprint density at radius 1 is 1.21 bits per heavy atom. The van der Waals surface area contributed by atoms with Crippen molar-refractivity contribution >= 4 is 22.5 Å². The number of rotatable bonds is 6. The van der Waals surface area contributed by atoms with Gasteiger partial charge in [-0.1, -0.05) is 31.2 Å². The lowest BCUT2D eigenvalue weighted by Crippen LogP contribution is -2.20. The molecule has 0 saturated carbocycles. The fourth-order valence-electron chi connectivity index (χ4n) is 4.06. The summed E-state index contributed by atoms with van der Waals surface area (Å²) in [6.07, 6.45) is 5.88. The Morgan fingerprint density at radius 3 is 2.57 bits per heavy atom. The smallest absolute Gasteiger partial charge is 0.201 e. The van der Waals surface area contributed by atoms with Gasteiger partial charge in [-0.05, 0) is 42.9 Å². The Morgan fingerprint density at radius 2 is 1.93 bits per heavy atom. The molecule has 5 nitrogen and oxygen atoms in total. The second-order valence-corrected chi connectivity index (χ2v) is 7.45. The number of hydrogen-bond donors (Lipinski definition) is 1. The minimum Gasteiger partial charge on any atom is -0.383 e. The van der Waals surface area contributed by atoms with E-state index in [1.807, 2.05) is 17.6 Å². The van der Waals surface area contributed by atoms with Gasteiger partial charge in [-0.3, -0.25) is 9.59 Å². The van der Waals surface area contributed by atoms with Gasteiger partial charge in [0.15, 0.2) is 5.78 Å². The minimum absolute atomic E-state index is 0.129. The predicted octanol–water partition coefficient (Wildman–Crippen LogP) is 3.84. The second kappa shape index (κ2) is 7.58. The number of aryl methyl sites for hydroxylation is 1. The summed E-state index contributed by atoms with van der Waals surface area (Å²) in [7, 11) is 0. The zero-order valence-corrected chi connectivity index (χ0v) is 16.4. The number of fused-ring (bicyclic) bond motifs is 2. The number of aromatic nitrogens is 2. The molecule has 144 valence electrons. The highest BCUT2D eigenvalue weighted by atomic mass is 16.1. The van der Waals surface area contributed by atoms with Crippen molar-refractivity contribution in [1.29, 1.82) is 0 Å². The highest BCUT2D eigenvalue weighted by Gasteiger charge is 2.21. The fourth-order valence-corrected chi connectivity index (χ4v) is 4.06. The standard InChI is InChI=1S/C23H25N3O2/c1-3-21(27)20-14-26(4-2)23-19(22(20)28)11-18(13-25-23)24-12-15-9-16-7-5-6-8-17(16)10-15/h5-8,11,13-15,24H,3-4,9-10,12H2,1-2H3. The number of nitrogens with one attached hydrogen (secondary N) is 1. The van der Waals surface area contributed by atoms with Gasteiger partial charge in [-0.15, -0.1) is 0 Å². The summed E-state index contributed by atoms with van der Waals surface area (Å²) < 4.78 is 1.87. The molecule has 1 aliphatic rings. The van der Waals surface area contributed by atoms with E-state index in [0.29, 0.717) is 29.9 Å². The van der Waals surface area contributed by atoms with Gasteiger partial charge in [0, 0.05) is 25.7 Å². The molecule has 1 N–H and O–H groups in total. The Bertz CT molecular complexity index is 1080. The molecule has 0 radical (unpaired) electrons. The SMILES string of the molecule is CCC(=O)c1cn(CC)c2ncc(NCC3Cc4ccccc4C3)cc2c1=O. The van der Waals surface area contributed by atoms with Crippen LogP contribution in [0.15, 0.2) is 47.5 Å². The van der Waals surface area contributed by atoms with Gasteiger partial charge in [-0.25, -0.2) is 4.98 Å². The van der Waals surface area contributed by atoms with Crippen molar-refractivity contribution in [2.75, 3.05) is 11.9 Å². The molecule has 2 heterocycles. The molecule has 5 heteroatoms. The third-order valence-electron chi connectivity index (χ3n) is 5.61. The number of hydrogen-bond acceptors (Lipinski definition) is 4. The molecule has 3 aromatic rings. The maximum absolute atomic E-state index is 12.9. The maximum Gasteiger partial charge on any atom is 0.201 e. The second-order valence-electron chi connectivity index (χ2n) is 7.45. The fraction of sp³-hybridized carbons (Fsp3) is 0.348. The third kappa shape index (κ3) is 3.33. The lowest BCUT2D eigenvalue weighted by Gasteiger charge is -2.14. The molecular weight excluding hydrogens is 350 g/mol. The molecule has 0 fully saturated rings. The van der Waals surface area contributed by atoms with Crippen LogP contribution in [0.4, 0.5) is 5.69 Å². The monoisotopic (exact) mass is 375 g/mol. The summed E-state index contributed by atoms with van der Waals surface area (Å²) in [5, 5.41) is 3.95. The summed E-state index contributed by atoms with van der Waals surface area (Å²) in [5.74, 6) is 0.407. The van der Waals surface area contributed by atoms with E-state index in [4.69, 9.17) is 0 Å². The van der Waals surface area contributed by atoms with Crippen molar-refractivity contribution in [1.82, 2.24) is 9.55 Å². The van der Waals surface area contributed by atoms with Gasteiger partial charge in [0.05, 0.1) is 22.8 Å². The minimum atomic E-state index is -0.226. The zero-order chi connectivity index (χ0) is 19.7. The summed E-state index contributed by atoms with van der Waals surface area (Å²) in [6.45, 7) is 5.24. The number of nitrogens with zero attached hydrogens (tertiary/aromatic N) is 2. The van der Waals surface area contributed by atoms with E-state index in [2.05, 4.69) is 34.6 Å². The average Bonchev–Trinajstić information content (AvgIpc) is 3.15. The van der Waals surface area contributed by atoms with Crippen LogP contribution in [0.2, 0.25) is 0 Å². The van der Waals surface area contributed by atoms with Gasteiger partial charge in [0.1, 0.15) is 5.65 Å². The van der Waals surface area contributed by atoms with E-state index in [-0.39, 0.29) is 16.8 Å². The molecule has 1 aliphatic carbocycles. The van der Waals surface area contributed by atoms with E-state index in [9.17, 15) is 9.59 Å². The normalized spacial score (nSPS) is 13.6. The van der Waals surface area contributed by atoms with Crippen LogP contribution in [0.25, 0.3) is 11.0 Å². The van der Waals surface area contributed by atoms with Crippen LogP contribution in [-0.2, 0) is 19.4 Å². The van der Waals surface area contributed by atoms with E-state index in [0.717, 1.165) is 25.1 Å². The molecule has 4 rings (SSSR count). The average molecular weight is 375 g/mol. The van der Waals surface area contributed by atoms with Crippen molar-refractivity contribution in [3.05, 3.63) is 69.6 Å².